The molecule has 7 heteroatoms. The molecule has 0 saturated heterocycles. The average Bonchev–Trinajstić information content (AvgIpc) is 2.69. The molecule has 0 aliphatic heterocycles. The number of nitrogens with two attached hydrogens (primary N) is 1. The molecule has 0 amide bonds. The fourth-order valence-electron chi connectivity index (χ4n) is 2.49. The van der Waals surface area contributed by atoms with Crippen LogP contribution in [-0.2, 0) is 16.6 Å². The summed E-state index contributed by atoms with van der Waals surface area (Å²) in [6.07, 6.45) is 3.25. The maximum absolute atomic E-state index is 12.4. The number of hydrogen-bond acceptors (Lipinski definition) is 5. The molecule has 0 radical (unpaired) electrons. The van der Waals surface area contributed by atoms with Crippen molar-refractivity contribution in [3.05, 3.63) is 16.5 Å². The van der Waals surface area contributed by atoms with E-state index in [0.717, 1.165) is 29.7 Å². The molecule has 1 aromatic rings. The monoisotopic (exact) mass is 317 g/mol. The maximum Gasteiger partial charge on any atom is 0.250 e. The summed E-state index contributed by atoms with van der Waals surface area (Å²) in [5.74, 6) is 0. The predicted molar refractivity (Wildman–Crippen MR) is 82.4 cm³/mol. The zero-order valence-corrected chi connectivity index (χ0v) is 13.9. The van der Waals surface area contributed by atoms with Crippen molar-refractivity contribution in [3.63, 3.8) is 0 Å². The maximum atomic E-state index is 12.4. The Morgan fingerprint density at radius 1 is 1.45 bits per heavy atom. The molecule has 0 spiro atoms. The lowest BCUT2D eigenvalue weighted by molar-refractivity contribution is 0.0657. The Balaban J connectivity index is 2.11. The summed E-state index contributed by atoms with van der Waals surface area (Å²) in [7, 11) is 0.590. The molecule has 1 saturated carbocycles. The van der Waals surface area contributed by atoms with Gasteiger partial charge in [0.05, 0.1) is 0 Å². The number of likely N-dealkylation sites (N-methyl/N-ethyl adjacent to an activating group) is 1. The van der Waals surface area contributed by atoms with E-state index in [4.69, 9.17) is 5.73 Å². The number of hydrogen-bond donors (Lipinski definition) is 2. The molecule has 5 nitrogen and oxygen atoms in total. The summed E-state index contributed by atoms with van der Waals surface area (Å²) in [6.45, 7) is 2.75. The molecule has 0 atom stereocenters. The molecule has 0 bridgehead atoms. The molecular formula is C13H23N3O2S2. The van der Waals surface area contributed by atoms with Gasteiger partial charge in [-0.1, -0.05) is 0 Å². The van der Waals surface area contributed by atoms with E-state index in [2.05, 4.69) is 9.62 Å². The molecule has 0 aromatic carbocycles. The molecule has 1 aliphatic carbocycles. The average molecular weight is 317 g/mol. The van der Waals surface area contributed by atoms with Crippen molar-refractivity contribution in [3.8, 4) is 0 Å². The van der Waals surface area contributed by atoms with E-state index in [9.17, 15) is 8.42 Å². The van der Waals surface area contributed by atoms with Crippen LogP contribution in [-0.4, -0.2) is 39.5 Å². The van der Waals surface area contributed by atoms with E-state index in [-0.39, 0.29) is 5.54 Å². The van der Waals surface area contributed by atoms with Crippen molar-refractivity contribution in [1.29, 1.82) is 0 Å². The van der Waals surface area contributed by atoms with Crippen molar-refractivity contribution >= 4 is 21.4 Å². The van der Waals surface area contributed by atoms with E-state index >= 15 is 0 Å². The van der Waals surface area contributed by atoms with Crippen molar-refractivity contribution < 1.29 is 8.42 Å². The van der Waals surface area contributed by atoms with Gasteiger partial charge < -0.3 is 10.6 Å². The van der Waals surface area contributed by atoms with Gasteiger partial charge in [0.1, 0.15) is 4.21 Å². The summed E-state index contributed by atoms with van der Waals surface area (Å²) in [6, 6.07) is 1.71. The smallest absolute Gasteiger partial charge is 0.250 e. The number of thiophene rings is 1. The summed E-state index contributed by atoms with van der Waals surface area (Å²) in [5, 5.41) is 0. The van der Waals surface area contributed by atoms with E-state index in [1.807, 2.05) is 21.0 Å². The van der Waals surface area contributed by atoms with Gasteiger partial charge in [-0.2, -0.15) is 0 Å². The topological polar surface area (TPSA) is 75.4 Å². The van der Waals surface area contributed by atoms with Gasteiger partial charge in [-0.05, 0) is 51.9 Å². The standard InChI is InChI=1S/C13H23N3O2S2/c1-10-7-12(19-11(10)8-14)20(17,18)15-9-13(16(2)3)5-4-6-13/h7,15H,4-6,8-9,14H2,1-3H3. The summed E-state index contributed by atoms with van der Waals surface area (Å²) < 4.78 is 27.9. The summed E-state index contributed by atoms with van der Waals surface area (Å²) >= 11 is 1.26. The third-order valence-electron chi connectivity index (χ3n) is 4.27. The lowest BCUT2D eigenvalue weighted by Gasteiger charge is -2.47. The van der Waals surface area contributed by atoms with Crippen LogP contribution in [0.25, 0.3) is 0 Å². The van der Waals surface area contributed by atoms with Crippen LogP contribution in [0.15, 0.2) is 10.3 Å². The van der Waals surface area contributed by atoms with Gasteiger partial charge in [0.25, 0.3) is 0 Å². The number of nitrogens with zero attached hydrogens (tertiary/aromatic N) is 1. The molecule has 1 aromatic heterocycles. The second-order valence-electron chi connectivity index (χ2n) is 5.67. The third kappa shape index (κ3) is 2.92. The third-order valence-corrected chi connectivity index (χ3v) is 7.41. The quantitative estimate of drug-likeness (QED) is 0.829. The van der Waals surface area contributed by atoms with Gasteiger partial charge in [0, 0.05) is 23.5 Å². The van der Waals surface area contributed by atoms with Crippen LogP contribution in [0.5, 0.6) is 0 Å². The number of rotatable bonds is 6. The largest absolute Gasteiger partial charge is 0.326 e. The molecule has 0 unspecified atom stereocenters. The van der Waals surface area contributed by atoms with Gasteiger partial charge >= 0.3 is 0 Å². The Labute approximate surface area is 125 Å². The van der Waals surface area contributed by atoms with E-state index in [1.54, 1.807) is 6.07 Å². The first-order valence-corrected chi connectivity index (χ1v) is 9.07. The first kappa shape index (κ1) is 15.9. The van der Waals surface area contributed by atoms with Gasteiger partial charge in [-0.15, -0.1) is 11.3 Å². The second-order valence-corrected chi connectivity index (χ2v) is 8.80. The Morgan fingerprint density at radius 2 is 2.10 bits per heavy atom. The highest BCUT2D eigenvalue weighted by atomic mass is 32.2. The van der Waals surface area contributed by atoms with Crippen LogP contribution in [0.4, 0.5) is 0 Å². The minimum atomic E-state index is -3.43. The van der Waals surface area contributed by atoms with E-state index < -0.39 is 10.0 Å². The predicted octanol–water partition coefficient (Wildman–Crippen LogP) is 1.28. The molecule has 114 valence electrons. The van der Waals surface area contributed by atoms with Crippen molar-refractivity contribution in [1.82, 2.24) is 9.62 Å². The molecule has 3 N–H and O–H groups in total. The van der Waals surface area contributed by atoms with Crippen LogP contribution >= 0.6 is 11.3 Å². The molecule has 2 rings (SSSR count). The van der Waals surface area contributed by atoms with Crippen molar-refractivity contribution in [2.24, 2.45) is 5.73 Å². The van der Waals surface area contributed by atoms with Crippen LogP contribution in [0, 0.1) is 6.92 Å². The highest BCUT2D eigenvalue weighted by Gasteiger charge is 2.40. The lowest BCUT2D eigenvalue weighted by atomic mass is 9.76. The summed E-state index contributed by atoms with van der Waals surface area (Å²) in [4.78, 5) is 3.06. The summed E-state index contributed by atoms with van der Waals surface area (Å²) in [5.41, 5.74) is 6.54. The first-order chi connectivity index (χ1) is 9.31. The van der Waals surface area contributed by atoms with Gasteiger partial charge in [-0.3, -0.25) is 0 Å². The van der Waals surface area contributed by atoms with Gasteiger partial charge in [-0.25, -0.2) is 13.1 Å². The molecule has 1 fully saturated rings. The molecule has 1 heterocycles. The first-order valence-electron chi connectivity index (χ1n) is 6.77. The number of sulfonamides is 1. The second kappa shape index (κ2) is 5.73. The fourth-order valence-corrected chi connectivity index (χ4v) is 5.12. The zero-order chi connectivity index (χ0) is 15.0. The van der Waals surface area contributed by atoms with Crippen molar-refractivity contribution in [2.75, 3.05) is 20.6 Å². The van der Waals surface area contributed by atoms with Gasteiger partial charge in [0.2, 0.25) is 10.0 Å². The zero-order valence-electron chi connectivity index (χ0n) is 12.3. The Morgan fingerprint density at radius 3 is 2.50 bits per heavy atom. The van der Waals surface area contributed by atoms with Crippen molar-refractivity contribution in [2.45, 2.75) is 42.5 Å². The number of nitrogens with one attached hydrogen (secondary N) is 1. The minimum Gasteiger partial charge on any atom is -0.326 e. The van der Waals surface area contributed by atoms with Crippen LogP contribution in [0.2, 0.25) is 0 Å². The molecule has 1 aliphatic rings. The SMILES string of the molecule is Cc1cc(S(=O)(=O)NCC2(N(C)C)CCC2)sc1CN. The number of aryl methyl sites for hydroxylation is 1. The van der Waals surface area contributed by atoms with E-state index in [0.29, 0.717) is 17.3 Å². The normalized spacial score (nSPS) is 18.2. The Kier molecular flexibility index (Phi) is 4.56. The Bertz CT molecular complexity index is 574. The van der Waals surface area contributed by atoms with Gasteiger partial charge in [0.15, 0.2) is 0 Å². The van der Waals surface area contributed by atoms with Crippen LogP contribution in [0.3, 0.4) is 0 Å². The van der Waals surface area contributed by atoms with E-state index in [1.165, 1.54) is 11.3 Å². The highest BCUT2D eigenvalue weighted by molar-refractivity contribution is 7.91. The van der Waals surface area contributed by atoms with Crippen LogP contribution < -0.4 is 10.5 Å². The molecule has 20 heavy (non-hydrogen) atoms. The molecular weight excluding hydrogens is 294 g/mol. The fraction of sp³-hybridized carbons (Fsp3) is 0.692. The highest BCUT2D eigenvalue weighted by Crippen LogP contribution is 2.36. The minimum absolute atomic E-state index is 0.0178. The van der Waals surface area contributed by atoms with Crippen LogP contribution in [0.1, 0.15) is 29.7 Å². The Hall–Kier alpha value is -0.470. The lowest BCUT2D eigenvalue weighted by Crippen LogP contribution is -2.57.